The SMILES string of the molecule is Cc1c(C(=O)N2CCCCCC2)sc2ncnc(NC(C)c3cccs3)c12. The van der Waals surface area contributed by atoms with Gasteiger partial charge in [-0.05, 0) is 43.7 Å². The molecule has 0 bridgehead atoms. The van der Waals surface area contributed by atoms with E-state index in [1.807, 2.05) is 11.8 Å². The molecule has 1 unspecified atom stereocenters. The summed E-state index contributed by atoms with van der Waals surface area (Å²) in [6.45, 7) is 5.87. The number of aryl methyl sites for hydroxylation is 1. The summed E-state index contributed by atoms with van der Waals surface area (Å²) in [7, 11) is 0. The molecule has 3 aromatic rings. The number of thiophene rings is 2. The molecule has 3 aromatic heterocycles. The lowest BCUT2D eigenvalue weighted by Gasteiger charge is -2.19. The molecule has 1 aliphatic heterocycles. The Hall–Kier alpha value is -1.99. The molecule has 0 spiro atoms. The number of carbonyl (C=O) groups is 1. The molecule has 142 valence electrons. The number of amides is 1. The van der Waals surface area contributed by atoms with Crippen LogP contribution in [0.4, 0.5) is 5.82 Å². The van der Waals surface area contributed by atoms with E-state index >= 15 is 0 Å². The number of rotatable bonds is 4. The Labute approximate surface area is 167 Å². The minimum absolute atomic E-state index is 0.148. The monoisotopic (exact) mass is 400 g/mol. The number of hydrogen-bond acceptors (Lipinski definition) is 6. The summed E-state index contributed by atoms with van der Waals surface area (Å²) in [5.74, 6) is 0.958. The van der Waals surface area contributed by atoms with Gasteiger partial charge in [-0.3, -0.25) is 4.79 Å². The van der Waals surface area contributed by atoms with Gasteiger partial charge in [0.15, 0.2) is 0 Å². The highest BCUT2D eigenvalue weighted by atomic mass is 32.1. The lowest BCUT2D eigenvalue weighted by molar-refractivity contribution is 0.0766. The fraction of sp³-hybridized carbons (Fsp3) is 0.450. The Morgan fingerprint density at radius 2 is 2.00 bits per heavy atom. The zero-order valence-corrected chi connectivity index (χ0v) is 17.3. The van der Waals surface area contributed by atoms with E-state index in [-0.39, 0.29) is 11.9 Å². The first-order valence-corrected chi connectivity index (χ1v) is 11.2. The molecule has 7 heteroatoms. The summed E-state index contributed by atoms with van der Waals surface area (Å²) in [5.41, 5.74) is 0.991. The van der Waals surface area contributed by atoms with Gasteiger partial charge in [0.1, 0.15) is 17.0 Å². The van der Waals surface area contributed by atoms with Gasteiger partial charge >= 0.3 is 0 Å². The van der Waals surface area contributed by atoms with Crippen molar-refractivity contribution in [2.24, 2.45) is 0 Å². The number of anilines is 1. The van der Waals surface area contributed by atoms with Crippen molar-refractivity contribution in [1.29, 1.82) is 0 Å². The van der Waals surface area contributed by atoms with Crippen LogP contribution in [0.2, 0.25) is 0 Å². The normalized spacial score (nSPS) is 16.3. The van der Waals surface area contributed by atoms with Crippen LogP contribution in [0.15, 0.2) is 23.8 Å². The summed E-state index contributed by atoms with van der Waals surface area (Å²) in [5, 5.41) is 6.57. The molecule has 1 N–H and O–H groups in total. The maximum atomic E-state index is 13.1. The van der Waals surface area contributed by atoms with Gasteiger partial charge in [-0.25, -0.2) is 9.97 Å². The number of nitrogens with zero attached hydrogens (tertiary/aromatic N) is 3. The third kappa shape index (κ3) is 3.71. The van der Waals surface area contributed by atoms with Crippen molar-refractivity contribution < 1.29 is 4.79 Å². The summed E-state index contributed by atoms with van der Waals surface area (Å²) in [4.78, 5) is 27.0. The molecule has 0 radical (unpaired) electrons. The van der Waals surface area contributed by atoms with Gasteiger partial charge in [-0.2, -0.15) is 0 Å². The van der Waals surface area contributed by atoms with E-state index in [0.29, 0.717) is 0 Å². The molecule has 5 nitrogen and oxygen atoms in total. The first-order valence-electron chi connectivity index (χ1n) is 9.48. The first-order chi connectivity index (χ1) is 13.1. The molecule has 4 heterocycles. The van der Waals surface area contributed by atoms with Gasteiger partial charge in [0, 0.05) is 18.0 Å². The number of likely N-dealkylation sites (tertiary alicyclic amines) is 1. The number of carbonyl (C=O) groups excluding carboxylic acids is 1. The summed E-state index contributed by atoms with van der Waals surface area (Å²) in [6.07, 6.45) is 6.22. The van der Waals surface area contributed by atoms with Gasteiger partial charge in [0.05, 0.1) is 16.3 Å². The predicted octanol–water partition coefficient (Wildman–Crippen LogP) is 5.25. The second kappa shape index (κ2) is 7.94. The maximum absolute atomic E-state index is 13.1. The Balaban J connectivity index is 1.66. The third-order valence-electron chi connectivity index (χ3n) is 5.14. The van der Waals surface area contributed by atoms with Crippen LogP contribution >= 0.6 is 22.7 Å². The average molecular weight is 401 g/mol. The lowest BCUT2D eigenvalue weighted by atomic mass is 10.1. The Bertz CT molecular complexity index is 927. The summed E-state index contributed by atoms with van der Waals surface area (Å²) < 4.78 is 0. The number of hydrogen-bond donors (Lipinski definition) is 1. The van der Waals surface area contributed by atoms with Gasteiger partial charge in [-0.1, -0.05) is 18.9 Å². The summed E-state index contributed by atoms with van der Waals surface area (Å²) >= 11 is 3.22. The molecule has 27 heavy (non-hydrogen) atoms. The van der Waals surface area contributed by atoms with Crippen molar-refractivity contribution in [2.45, 2.75) is 45.6 Å². The van der Waals surface area contributed by atoms with Gasteiger partial charge < -0.3 is 10.2 Å². The van der Waals surface area contributed by atoms with Crippen LogP contribution < -0.4 is 5.32 Å². The van der Waals surface area contributed by atoms with E-state index in [2.05, 4.69) is 39.7 Å². The molecule has 1 fully saturated rings. The standard InChI is InChI=1S/C20H24N4OS2/c1-13-16-18(23-14(2)15-8-7-11-26-15)21-12-22-19(16)27-17(13)20(25)24-9-5-3-4-6-10-24/h7-8,11-12,14H,3-6,9-10H2,1-2H3,(H,21,22,23). The van der Waals surface area contributed by atoms with E-state index in [0.717, 1.165) is 52.4 Å². The van der Waals surface area contributed by atoms with Crippen molar-refractivity contribution in [1.82, 2.24) is 14.9 Å². The van der Waals surface area contributed by atoms with Gasteiger partial charge in [-0.15, -0.1) is 22.7 Å². The van der Waals surface area contributed by atoms with Crippen molar-refractivity contribution in [3.05, 3.63) is 39.2 Å². The van der Waals surface area contributed by atoms with Gasteiger partial charge in [0.25, 0.3) is 5.91 Å². The van der Waals surface area contributed by atoms with Crippen molar-refractivity contribution >= 4 is 44.6 Å². The molecule has 1 atom stereocenters. The first kappa shape index (κ1) is 18.4. The van der Waals surface area contributed by atoms with Gasteiger partial charge in [0.2, 0.25) is 0 Å². The molecule has 1 aliphatic rings. The molecule has 0 saturated carbocycles. The predicted molar refractivity (Wildman–Crippen MR) is 113 cm³/mol. The number of fused-ring (bicyclic) bond motifs is 1. The van der Waals surface area contributed by atoms with Crippen LogP contribution in [0.5, 0.6) is 0 Å². The largest absolute Gasteiger partial charge is 0.362 e. The Morgan fingerprint density at radius 1 is 1.22 bits per heavy atom. The lowest BCUT2D eigenvalue weighted by Crippen LogP contribution is -2.31. The Morgan fingerprint density at radius 3 is 2.70 bits per heavy atom. The fourth-order valence-corrected chi connectivity index (χ4v) is 5.47. The van der Waals surface area contributed by atoms with Crippen LogP contribution in [0.25, 0.3) is 10.2 Å². The van der Waals surface area contributed by atoms with E-state index in [1.165, 1.54) is 29.1 Å². The zero-order valence-electron chi connectivity index (χ0n) is 15.7. The highest BCUT2D eigenvalue weighted by molar-refractivity contribution is 7.20. The van der Waals surface area contributed by atoms with E-state index in [4.69, 9.17) is 0 Å². The summed E-state index contributed by atoms with van der Waals surface area (Å²) in [6, 6.07) is 4.34. The molecule has 0 aliphatic carbocycles. The number of nitrogens with one attached hydrogen (secondary N) is 1. The van der Waals surface area contributed by atoms with Crippen LogP contribution in [-0.2, 0) is 0 Å². The van der Waals surface area contributed by atoms with E-state index in [9.17, 15) is 4.79 Å². The molecule has 4 rings (SSSR count). The smallest absolute Gasteiger partial charge is 0.264 e. The topological polar surface area (TPSA) is 58.1 Å². The second-order valence-electron chi connectivity index (χ2n) is 7.05. The maximum Gasteiger partial charge on any atom is 0.264 e. The van der Waals surface area contributed by atoms with Crippen LogP contribution in [0.3, 0.4) is 0 Å². The molecule has 1 amide bonds. The molecular weight excluding hydrogens is 376 g/mol. The fourth-order valence-electron chi connectivity index (χ4n) is 3.62. The number of aromatic nitrogens is 2. The Kier molecular flexibility index (Phi) is 5.41. The highest BCUT2D eigenvalue weighted by Crippen LogP contribution is 2.35. The van der Waals surface area contributed by atoms with Crippen molar-refractivity contribution in [3.63, 3.8) is 0 Å². The highest BCUT2D eigenvalue weighted by Gasteiger charge is 2.24. The van der Waals surface area contributed by atoms with E-state index < -0.39 is 0 Å². The molecular formula is C20H24N4OS2. The van der Waals surface area contributed by atoms with Crippen LogP contribution in [0.1, 0.15) is 58.8 Å². The quantitative estimate of drug-likeness (QED) is 0.650. The minimum Gasteiger partial charge on any atom is -0.362 e. The van der Waals surface area contributed by atoms with E-state index in [1.54, 1.807) is 17.7 Å². The zero-order chi connectivity index (χ0) is 18.8. The average Bonchev–Trinajstić information content (AvgIpc) is 3.23. The minimum atomic E-state index is 0.148. The third-order valence-corrected chi connectivity index (χ3v) is 7.38. The van der Waals surface area contributed by atoms with Crippen molar-refractivity contribution in [3.8, 4) is 0 Å². The van der Waals surface area contributed by atoms with Crippen molar-refractivity contribution in [2.75, 3.05) is 18.4 Å². The van der Waals surface area contributed by atoms with Crippen LogP contribution in [-0.4, -0.2) is 33.9 Å². The molecule has 1 saturated heterocycles. The molecule has 0 aromatic carbocycles. The van der Waals surface area contributed by atoms with Crippen LogP contribution in [0, 0.1) is 6.92 Å². The second-order valence-corrected chi connectivity index (χ2v) is 9.02.